The van der Waals surface area contributed by atoms with Crippen LogP contribution in [0.5, 0.6) is 0 Å². The number of nitrogens with zero attached hydrogens (tertiary/aromatic N) is 1. The van der Waals surface area contributed by atoms with Crippen LogP contribution in [0.1, 0.15) is 38.7 Å². The Kier molecular flexibility index (Phi) is 7.75. The molecule has 1 heterocycles. The molecule has 138 valence electrons. The lowest BCUT2D eigenvalue weighted by Gasteiger charge is -2.31. The number of hydrogen-bond acceptors (Lipinski definition) is 3. The first-order chi connectivity index (χ1) is 12.0. The fourth-order valence-electron chi connectivity index (χ4n) is 3.04. The van der Waals surface area contributed by atoms with E-state index in [2.05, 4.69) is 33.4 Å². The maximum absolute atomic E-state index is 12.5. The van der Waals surface area contributed by atoms with Gasteiger partial charge in [0, 0.05) is 23.6 Å². The highest BCUT2D eigenvalue weighted by Gasteiger charge is 2.29. The quantitative estimate of drug-likeness (QED) is 0.776. The van der Waals surface area contributed by atoms with Crippen LogP contribution in [0.25, 0.3) is 0 Å². The van der Waals surface area contributed by atoms with Gasteiger partial charge in [0.15, 0.2) is 0 Å². The van der Waals surface area contributed by atoms with Gasteiger partial charge >= 0.3 is 6.09 Å². The van der Waals surface area contributed by atoms with E-state index in [9.17, 15) is 9.59 Å². The van der Waals surface area contributed by atoms with Gasteiger partial charge in [-0.25, -0.2) is 4.79 Å². The molecule has 0 bridgehead atoms. The zero-order chi connectivity index (χ0) is 18.2. The number of nitrogens with one attached hydrogen (secondary N) is 1. The lowest BCUT2D eigenvalue weighted by atomic mass is 9.96. The van der Waals surface area contributed by atoms with Crippen molar-refractivity contribution in [1.29, 1.82) is 0 Å². The van der Waals surface area contributed by atoms with Gasteiger partial charge < -0.3 is 15.0 Å². The van der Waals surface area contributed by atoms with Gasteiger partial charge in [0.1, 0.15) is 0 Å². The number of carbonyl (C=O) groups excluding carboxylic acids is 2. The van der Waals surface area contributed by atoms with E-state index in [1.807, 2.05) is 19.1 Å². The minimum atomic E-state index is -0.316. The van der Waals surface area contributed by atoms with Crippen molar-refractivity contribution in [3.8, 4) is 0 Å². The highest BCUT2D eigenvalue weighted by atomic mass is 79.9. The molecule has 25 heavy (non-hydrogen) atoms. The first-order valence-electron chi connectivity index (χ1n) is 8.96. The van der Waals surface area contributed by atoms with E-state index in [0.29, 0.717) is 19.7 Å². The molecule has 1 aromatic carbocycles. The van der Waals surface area contributed by atoms with Crippen molar-refractivity contribution in [2.45, 2.75) is 45.6 Å². The normalized spacial score (nSPS) is 18.5. The predicted octanol–water partition coefficient (Wildman–Crippen LogP) is 3.75. The fraction of sp³-hybridized carbons (Fsp3) is 0.579. The molecular weight excluding hydrogens is 384 g/mol. The summed E-state index contributed by atoms with van der Waals surface area (Å²) in [6, 6.07) is 8.36. The molecule has 0 radical (unpaired) electrons. The van der Waals surface area contributed by atoms with E-state index in [1.54, 1.807) is 11.8 Å². The summed E-state index contributed by atoms with van der Waals surface area (Å²) in [5, 5.41) is 3.10. The van der Waals surface area contributed by atoms with Crippen molar-refractivity contribution >= 4 is 27.9 Å². The number of aryl methyl sites for hydroxylation is 1. The minimum Gasteiger partial charge on any atom is -0.450 e. The van der Waals surface area contributed by atoms with Crippen molar-refractivity contribution in [3.63, 3.8) is 0 Å². The maximum Gasteiger partial charge on any atom is 0.409 e. The number of carbonyl (C=O) groups is 2. The van der Waals surface area contributed by atoms with Gasteiger partial charge in [-0.3, -0.25) is 4.79 Å². The monoisotopic (exact) mass is 410 g/mol. The number of ether oxygens (including phenoxy) is 1. The van der Waals surface area contributed by atoms with Crippen molar-refractivity contribution in [3.05, 3.63) is 34.3 Å². The van der Waals surface area contributed by atoms with Crippen LogP contribution >= 0.6 is 15.9 Å². The van der Waals surface area contributed by atoms with Gasteiger partial charge in [0.05, 0.1) is 12.5 Å². The molecule has 1 aromatic rings. The molecule has 1 aliphatic rings. The molecule has 1 aliphatic heterocycles. The molecule has 6 heteroatoms. The van der Waals surface area contributed by atoms with Crippen LogP contribution in [0.4, 0.5) is 4.79 Å². The Balaban J connectivity index is 1.77. The van der Waals surface area contributed by atoms with Gasteiger partial charge in [0.25, 0.3) is 0 Å². The van der Waals surface area contributed by atoms with E-state index >= 15 is 0 Å². The van der Waals surface area contributed by atoms with Gasteiger partial charge in [-0.15, -0.1) is 0 Å². The molecule has 2 amide bonds. The minimum absolute atomic E-state index is 0.0392. The second-order valence-corrected chi connectivity index (χ2v) is 7.47. The Morgan fingerprint density at radius 3 is 2.76 bits per heavy atom. The zero-order valence-corrected chi connectivity index (χ0v) is 16.5. The second-order valence-electron chi connectivity index (χ2n) is 6.56. The molecule has 0 saturated carbocycles. The summed E-state index contributed by atoms with van der Waals surface area (Å²) in [7, 11) is 0. The number of halogens is 1. The molecular formula is C19H27BrN2O3. The third-order valence-corrected chi connectivity index (χ3v) is 5.01. The van der Waals surface area contributed by atoms with Crippen LogP contribution < -0.4 is 5.32 Å². The van der Waals surface area contributed by atoms with E-state index in [4.69, 9.17) is 4.74 Å². The maximum atomic E-state index is 12.5. The van der Waals surface area contributed by atoms with Crippen LogP contribution in [0.15, 0.2) is 28.7 Å². The van der Waals surface area contributed by atoms with Crippen LogP contribution in [0.3, 0.4) is 0 Å². The third-order valence-electron chi connectivity index (χ3n) is 4.49. The second kappa shape index (κ2) is 9.80. The predicted molar refractivity (Wildman–Crippen MR) is 101 cm³/mol. The van der Waals surface area contributed by atoms with Crippen molar-refractivity contribution < 1.29 is 14.3 Å². The molecule has 1 N–H and O–H groups in total. The Morgan fingerprint density at radius 2 is 2.08 bits per heavy atom. The Morgan fingerprint density at radius 1 is 1.36 bits per heavy atom. The lowest BCUT2D eigenvalue weighted by molar-refractivity contribution is -0.127. The smallest absolute Gasteiger partial charge is 0.409 e. The average molecular weight is 411 g/mol. The highest BCUT2D eigenvalue weighted by Crippen LogP contribution is 2.18. The van der Waals surface area contributed by atoms with Crippen LogP contribution in [0.2, 0.25) is 0 Å². The SMILES string of the molecule is CCOC(=O)N1CCCC(C(=O)NC(C)CCc2ccc(Br)cc2)C1. The van der Waals surface area contributed by atoms with Gasteiger partial charge in [-0.1, -0.05) is 28.1 Å². The molecule has 2 unspecified atom stereocenters. The average Bonchev–Trinajstić information content (AvgIpc) is 2.61. The zero-order valence-electron chi connectivity index (χ0n) is 15.0. The fourth-order valence-corrected chi connectivity index (χ4v) is 3.30. The van der Waals surface area contributed by atoms with E-state index < -0.39 is 0 Å². The summed E-state index contributed by atoms with van der Waals surface area (Å²) in [4.78, 5) is 26.0. The lowest BCUT2D eigenvalue weighted by Crippen LogP contribution is -2.47. The molecule has 2 atom stereocenters. The Bertz CT molecular complexity index is 577. The number of amides is 2. The molecule has 2 rings (SSSR count). The van der Waals surface area contributed by atoms with Crippen molar-refractivity contribution in [1.82, 2.24) is 10.2 Å². The number of hydrogen-bond donors (Lipinski definition) is 1. The third kappa shape index (κ3) is 6.34. The van der Waals surface area contributed by atoms with Gasteiger partial charge in [-0.2, -0.15) is 0 Å². The summed E-state index contributed by atoms with van der Waals surface area (Å²) in [5.74, 6) is -0.106. The first-order valence-corrected chi connectivity index (χ1v) is 9.75. The van der Waals surface area contributed by atoms with Gasteiger partial charge in [-0.05, 0) is 57.2 Å². The van der Waals surface area contributed by atoms with Crippen LogP contribution in [-0.2, 0) is 16.0 Å². The number of benzene rings is 1. The molecule has 1 fully saturated rings. The van der Waals surface area contributed by atoms with Crippen LogP contribution in [-0.4, -0.2) is 42.6 Å². The summed E-state index contributed by atoms with van der Waals surface area (Å²) in [6.45, 7) is 5.30. The number of likely N-dealkylation sites (tertiary alicyclic amines) is 1. The largest absolute Gasteiger partial charge is 0.450 e. The van der Waals surface area contributed by atoms with E-state index in [0.717, 1.165) is 30.2 Å². The summed E-state index contributed by atoms with van der Waals surface area (Å²) >= 11 is 3.43. The molecule has 0 aliphatic carbocycles. The Hall–Kier alpha value is -1.56. The molecule has 0 aromatic heterocycles. The van der Waals surface area contributed by atoms with Crippen molar-refractivity contribution in [2.75, 3.05) is 19.7 Å². The van der Waals surface area contributed by atoms with Crippen LogP contribution in [0, 0.1) is 5.92 Å². The Labute approximate surface area is 158 Å². The van der Waals surface area contributed by atoms with E-state index in [1.165, 1.54) is 5.56 Å². The molecule has 1 saturated heterocycles. The first kappa shape index (κ1) is 19.8. The molecule has 0 spiro atoms. The highest BCUT2D eigenvalue weighted by molar-refractivity contribution is 9.10. The number of rotatable bonds is 6. The standard InChI is InChI=1S/C19H27BrN2O3/c1-3-25-19(24)22-12-4-5-16(13-22)18(23)21-14(2)6-7-15-8-10-17(20)11-9-15/h8-11,14,16H,3-7,12-13H2,1-2H3,(H,21,23). The molecule has 5 nitrogen and oxygen atoms in total. The van der Waals surface area contributed by atoms with Gasteiger partial charge in [0.2, 0.25) is 5.91 Å². The van der Waals surface area contributed by atoms with Crippen molar-refractivity contribution in [2.24, 2.45) is 5.92 Å². The summed E-state index contributed by atoms with van der Waals surface area (Å²) in [5.41, 5.74) is 1.26. The van der Waals surface area contributed by atoms with E-state index in [-0.39, 0.29) is 24.0 Å². The summed E-state index contributed by atoms with van der Waals surface area (Å²) in [6.07, 6.45) is 3.16. The topological polar surface area (TPSA) is 58.6 Å². The summed E-state index contributed by atoms with van der Waals surface area (Å²) < 4.78 is 6.11. The number of piperidine rings is 1.